The Morgan fingerprint density at radius 3 is 2.14 bits per heavy atom. The van der Waals surface area contributed by atoms with Gasteiger partial charge in [-0.15, -0.1) is 0 Å². The number of piperazine rings is 1. The summed E-state index contributed by atoms with van der Waals surface area (Å²) in [5.41, 5.74) is 11.6. The molecule has 182 valence electrons. The second-order valence-corrected chi connectivity index (χ2v) is 10.7. The smallest absolute Gasteiger partial charge is 0.142 e. The number of rotatable bonds is 2. The van der Waals surface area contributed by atoms with Gasteiger partial charge in [-0.1, -0.05) is 60.7 Å². The van der Waals surface area contributed by atoms with Crippen LogP contribution in [-0.2, 0) is 0 Å². The summed E-state index contributed by atoms with van der Waals surface area (Å²) in [5, 5.41) is 13.8. The quantitative estimate of drug-likeness (QED) is 0.495. The van der Waals surface area contributed by atoms with Crippen molar-refractivity contribution in [2.75, 3.05) is 36.4 Å². The number of hydrogen-bond donors (Lipinski definition) is 1. The number of hydrogen-bond acceptors (Lipinski definition) is 5. The summed E-state index contributed by atoms with van der Waals surface area (Å²) >= 11 is 0. The second-order valence-electron chi connectivity index (χ2n) is 10.7. The topological polar surface area (TPSA) is 45.5 Å². The summed E-state index contributed by atoms with van der Waals surface area (Å²) in [6.45, 7) is 4.00. The molecule has 1 N–H and O–H groups in total. The number of benzene rings is 3. The summed E-state index contributed by atoms with van der Waals surface area (Å²) in [4.78, 5) is 7.71. The normalized spacial score (nSPS) is 22.3. The van der Waals surface area contributed by atoms with Gasteiger partial charge in [-0.25, -0.2) is 0 Å². The van der Waals surface area contributed by atoms with Crippen LogP contribution in [0.1, 0.15) is 36.4 Å². The highest BCUT2D eigenvalue weighted by Crippen LogP contribution is 2.50. The van der Waals surface area contributed by atoms with Gasteiger partial charge in [-0.3, -0.25) is 9.80 Å². The molecule has 2 fully saturated rings. The van der Waals surface area contributed by atoms with Gasteiger partial charge in [0.05, 0.1) is 29.1 Å². The first-order valence-electron chi connectivity index (χ1n) is 13.5. The maximum absolute atomic E-state index is 10.2. The van der Waals surface area contributed by atoms with Gasteiger partial charge in [0.2, 0.25) is 0 Å². The lowest BCUT2D eigenvalue weighted by Crippen LogP contribution is -2.53. The Kier molecular flexibility index (Phi) is 4.56. The van der Waals surface area contributed by atoms with E-state index in [0.717, 1.165) is 56.7 Å². The van der Waals surface area contributed by atoms with E-state index in [9.17, 15) is 5.26 Å². The van der Waals surface area contributed by atoms with Crippen molar-refractivity contribution >= 4 is 11.4 Å². The van der Waals surface area contributed by atoms with E-state index < -0.39 is 0 Å². The first kappa shape index (κ1) is 21.1. The predicted octanol–water partition coefficient (Wildman–Crippen LogP) is 5.86. The molecular weight excluding hydrogens is 454 g/mol. The fourth-order valence-electron chi connectivity index (χ4n) is 7.38. The Bertz CT molecular complexity index is 1490. The van der Waals surface area contributed by atoms with Gasteiger partial charge in [-0.05, 0) is 64.8 Å². The maximum atomic E-state index is 10.2. The van der Waals surface area contributed by atoms with E-state index in [-0.39, 0.29) is 6.17 Å². The van der Waals surface area contributed by atoms with Crippen LogP contribution < -0.4 is 10.2 Å². The average molecular weight is 484 g/mol. The number of nitriles is 1. The monoisotopic (exact) mass is 483 g/mol. The minimum Gasteiger partial charge on any atom is -0.359 e. The van der Waals surface area contributed by atoms with Crippen LogP contribution in [0.2, 0.25) is 0 Å². The molecule has 2 aliphatic carbocycles. The van der Waals surface area contributed by atoms with Crippen molar-refractivity contribution in [3.63, 3.8) is 0 Å². The zero-order valence-electron chi connectivity index (χ0n) is 20.8. The molecule has 3 aliphatic heterocycles. The molecule has 1 atom stereocenters. The summed E-state index contributed by atoms with van der Waals surface area (Å²) in [5.74, 6) is 1.33. The average Bonchev–Trinajstić information content (AvgIpc) is 3.66. The second kappa shape index (κ2) is 7.99. The van der Waals surface area contributed by atoms with Gasteiger partial charge in [0, 0.05) is 26.2 Å². The molecule has 3 heterocycles. The van der Waals surface area contributed by atoms with Crippen molar-refractivity contribution in [3.8, 4) is 17.2 Å². The zero-order valence-corrected chi connectivity index (χ0v) is 20.8. The van der Waals surface area contributed by atoms with Gasteiger partial charge < -0.3 is 10.2 Å². The molecule has 0 aromatic heterocycles. The number of allylic oxidation sites excluding steroid dienone is 2. The Labute approximate surface area is 217 Å². The molecule has 5 heteroatoms. The van der Waals surface area contributed by atoms with Crippen molar-refractivity contribution in [2.24, 2.45) is 0 Å². The minimum absolute atomic E-state index is 0.0964. The van der Waals surface area contributed by atoms with Crippen LogP contribution in [0.15, 0.2) is 95.3 Å². The van der Waals surface area contributed by atoms with Crippen LogP contribution in [0.3, 0.4) is 0 Å². The van der Waals surface area contributed by atoms with Crippen molar-refractivity contribution < 1.29 is 0 Å². The maximum Gasteiger partial charge on any atom is 0.142 e. The summed E-state index contributed by atoms with van der Waals surface area (Å²) in [7, 11) is 0. The van der Waals surface area contributed by atoms with Crippen LogP contribution in [0.5, 0.6) is 0 Å². The summed E-state index contributed by atoms with van der Waals surface area (Å²) in [6.07, 6.45) is 3.11. The van der Waals surface area contributed by atoms with Gasteiger partial charge in [0.1, 0.15) is 12.0 Å². The van der Waals surface area contributed by atoms with E-state index >= 15 is 0 Å². The predicted molar refractivity (Wildman–Crippen MR) is 147 cm³/mol. The Morgan fingerprint density at radius 1 is 0.757 bits per heavy atom. The van der Waals surface area contributed by atoms with Crippen molar-refractivity contribution in [1.29, 1.82) is 5.26 Å². The molecule has 0 spiro atoms. The van der Waals surface area contributed by atoms with Gasteiger partial charge in [0.15, 0.2) is 0 Å². The molecule has 37 heavy (non-hydrogen) atoms. The fraction of sp³-hybridized carbons (Fsp3) is 0.281. The highest BCUT2D eigenvalue weighted by atomic mass is 15.4. The number of nitrogens with one attached hydrogen (secondary N) is 1. The lowest BCUT2D eigenvalue weighted by molar-refractivity contribution is 0.129. The van der Waals surface area contributed by atoms with Crippen LogP contribution in [0, 0.1) is 11.3 Å². The summed E-state index contributed by atoms with van der Waals surface area (Å²) in [6, 6.07) is 29.3. The van der Waals surface area contributed by atoms with Crippen molar-refractivity contribution in [1.82, 2.24) is 9.80 Å². The molecule has 0 bridgehead atoms. The number of anilines is 2. The molecule has 1 saturated carbocycles. The first-order chi connectivity index (χ1) is 18.3. The highest BCUT2D eigenvalue weighted by Gasteiger charge is 2.44. The Balaban J connectivity index is 1.15. The standard InChI is InChI=1S/C32H29N5/c33-20-27-23-12-7-13-26(23)32(37-29-15-6-5-14-28(29)34-31(27)37)36-18-16-35(17-19-36)30-24-10-3-1-8-21(24)22-9-2-4-11-25(22)30/h1-6,8-11,14-15,30-31,34H,7,12-13,16-19H2. The number of para-hydroxylation sites is 2. The lowest BCUT2D eigenvalue weighted by Gasteiger charge is -2.46. The molecule has 3 aromatic carbocycles. The zero-order chi connectivity index (χ0) is 24.5. The highest BCUT2D eigenvalue weighted by molar-refractivity contribution is 5.83. The van der Waals surface area contributed by atoms with E-state index in [1.165, 1.54) is 44.9 Å². The molecule has 5 aliphatic rings. The Morgan fingerprint density at radius 2 is 1.41 bits per heavy atom. The van der Waals surface area contributed by atoms with Crippen LogP contribution in [0.25, 0.3) is 11.1 Å². The molecule has 8 rings (SSSR count). The summed E-state index contributed by atoms with van der Waals surface area (Å²) < 4.78 is 0. The van der Waals surface area contributed by atoms with Gasteiger partial charge >= 0.3 is 0 Å². The first-order valence-corrected chi connectivity index (χ1v) is 13.5. The Hall–Kier alpha value is -4.01. The minimum atomic E-state index is -0.0964. The van der Waals surface area contributed by atoms with E-state index in [4.69, 9.17) is 0 Å². The van der Waals surface area contributed by atoms with Crippen molar-refractivity contribution in [2.45, 2.75) is 31.5 Å². The van der Waals surface area contributed by atoms with Crippen LogP contribution in [-0.4, -0.2) is 42.1 Å². The molecule has 3 aromatic rings. The third-order valence-corrected chi connectivity index (χ3v) is 8.93. The van der Waals surface area contributed by atoms with Gasteiger partial charge in [-0.2, -0.15) is 5.26 Å². The molecule has 1 unspecified atom stereocenters. The van der Waals surface area contributed by atoms with Gasteiger partial charge in [0.25, 0.3) is 0 Å². The fourth-order valence-corrected chi connectivity index (χ4v) is 7.38. The van der Waals surface area contributed by atoms with E-state index in [2.05, 4.69) is 98.9 Å². The van der Waals surface area contributed by atoms with E-state index in [1.54, 1.807) is 0 Å². The SMILES string of the molecule is N#CC1=C2CCCC2=C(N2CCN(C3c4ccccc4-c4ccccc43)CC2)N2c3ccccc3NC12. The number of fused-ring (bicyclic) bond motifs is 7. The molecular formula is C32H29N5. The van der Waals surface area contributed by atoms with Crippen LogP contribution >= 0.6 is 0 Å². The number of nitrogens with zero attached hydrogens (tertiary/aromatic N) is 4. The third-order valence-electron chi connectivity index (χ3n) is 8.93. The van der Waals surface area contributed by atoms with Crippen LogP contribution in [0.4, 0.5) is 11.4 Å². The molecule has 5 nitrogen and oxygen atoms in total. The van der Waals surface area contributed by atoms with E-state index in [0.29, 0.717) is 6.04 Å². The molecule has 1 saturated heterocycles. The molecule has 0 radical (unpaired) electrons. The lowest BCUT2D eigenvalue weighted by atomic mass is 9.95. The third kappa shape index (κ3) is 2.94. The van der Waals surface area contributed by atoms with Crippen molar-refractivity contribution in [3.05, 3.63) is 106 Å². The van der Waals surface area contributed by atoms with E-state index in [1.807, 2.05) is 0 Å². The molecule has 0 amide bonds. The largest absolute Gasteiger partial charge is 0.359 e.